The monoisotopic (exact) mass is 331 g/mol. The molecule has 1 heterocycles. The molecule has 0 radical (unpaired) electrons. The zero-order chi connectivity index (χ0) is 17.2. The summed E-state index contributed by atoms with van der Waals surface area (Å²) in [6.07, 6.45) is 8.31. The molecule has 1 aliphatic carbocycles. The Balaban J connectivity index is 1.90. The number of rotatable bonds is 6. The lowest BCUT2D eigenvalue weighted by atomic mass is 9.89. The molecule has 2 N–H and O–H groups in total. The molecule has 2 rings (SSSR count). The van der Waals surface area contributed by atoms with Gasteiger partial charge in [-0.15, -0.1) is 0 Å². The van der Waals surface area contributed by atoms with Crippen LogP contribution in [0.15, 0.2) is 29.4 Å². The van der Waals surface area contributed by atoms with E-state index < -0.39 is 0 Å². The van der Waals surface area contributed by atoms with Crippen LogP contribution in [0.25, 0.3) is 0 Å². The molecule has 24 heavy (non-hydrogen) atoms. The van der Waals surface area contributed by atoms with Gasteiger partial charge in [0.05, 0.1) is 18.8 Å². The standard InChI is InChI=1S/C18H29N5O/c1-23(2)17(24)14-22-18(20-12-15-8-4-3-5-9-15)21-13-16-10-6-7-11-19-16/h6-7,10-11,15H,3-5,8-9,12-14H2,1-2H3,(H2,20,21,22). The van der Waals surface area contributed by atoms with E-state index in [2.05, 4.69) is 20.6 Å². The van der Waals surface area contributed by atoms with Crippen molar-refractivity contribution in [1.82, 2.24) is 20.5 Å². The third kappa shape index (κ3) is 6.56. The Morgan fingerprint density at radius 2 is 2.04 bits per heavy atom. The topological polar surface area (TPSA) is 69.6 Å². The Labute approximate surface area is 144 Å². The molecule has 1 fully saturated rings. The van der Waals surface area contributed by atoms with Crippen molar-refractivity contribution >= 4 is 11.9 Å². The van der Waals surface area contributed by atoms with Crippen molar-refractivity contribution in [2.75, 3.05) is 27.2 Å². The minimum atomic E-state index is 0.0278. The van der Waals surface area contributed by atoms with Crippen LogP contribution in [-0.2, 0) is 11.3 Å². The number of hydrogen-bond acceptors (Lipinski definition) is 3. The highest BCUT2D eigenvalue weighted by Gasteiger charge is 2.14. The maximum absolute atomic E-state index is 11.8. The summed E-state index contributed by atoms with van der Waals surface area (Å²) in [5.41, 5.74) is 0.912. The van der Waals surface area contributed by atoms with Crippen LogP contribution in [0.1, 0.15) is 37.8 Å². The predicted octanol–water partition coefficient (Wildman–Crippen LogP) is 1.79. The minimum absolute atomic E-state index is 0.0278. The third-order valence-corrected chi connectivity index (χ3v) is 4.31. The van der Waals surface area contributed by atoms with Gasteiger partial charge in [0.15, 0.2) is 5.96 Å². The molecule has 0 aliphatic heterocycles. The number of amides is 1. The third-order valence-electron chi connectivity index (χ3n) is 4.31. The minimum Gasteiger partial charge on any atom is -0.356 e. The molecule has 6 nitrogen and oxygen atoms in total. The Kier molecular flexibility index (Phi) is 7.52. The summed E-state index contributed by atoms with van der Waals surface area (Å²) in [6.45, 7) is 1.65. The molecule has 0 unspecified atom stereocenters. The van der Waals surface area contributed by atoms with Gasteiger partial charge in [0.1, 0.15) is 0 Å². The summed E-state index contributed by atoms with van der Waals surface area (Å²) in [6, 6.07) is 5.80. The van der Waals surface area contributed by atoms with Crippen molar-refractivity contribution in [2.45, 2.75) is 38.6 Å². The average molecular weight is 331 g/mol. The van der Waals surface area contributed by atoms with E-state index in [1.54, 1.807) is 25.2 Å². The van der Waals surface area contributed by atoms with Gasteiger partial charge in [0.2, 0.25) is 5.91 Å². The van der Waals surface area contributed by atoms with Crippen LogP contribution in [0, 0.1) is 5.92 Å². The maximum atomic E-state index is 11.8. The maximum Gasteiger partial charge on any atom is 0.241 e. The Bertz CT molecular complexity index is 523. The number of pyridine rings is 1. The van der Waals surface area contributed by atoms with Crippen LogP contribution in [-0.4, -0.2) is 48.9 Å². The van der Waals surface area contributed by atoms with Crippen LogP contribution in [0.3, 0.4) is 0 Å². The van der Waals surface area contributed by atoms with E-state index in [4.69, 9.17) is 0 Å². The van der Waals surface area contributed by atoms with Crippen LogP contribution < -0.4 is 10.6 Å². The number of guanidine groups is 1. The van der Waals surface area contributed by atoms with E-state index in [0.29, 0.717) is 18.4 Å². The zero-order valence-corrected chi connectivity index (χ0v) is 14.8. The fraction of sp³-hybridized carbons (Fsp3) is 0.611. The lowest BCUT2D eigenvalue weighted by Gasteiger charge is -2.23. The highest BCUT2D eigenvalue weighted by Crippen LogP contribution is 2.22. The number of carbonyl (C=O) groups is 1. The molecule has 0 saturated heterocycles. The lowest BCUT2D eigenvalue weighted by Crippen LogP contribution is -2.44. The van der Waals surface area contributed by atoms with Gasteiger partial charge < -0.3 is 15.5 Å². The van der Waals surface area contributed by atoms with Gasteiger partial charge >= 0.3 is 0 Å². The molecule has 1 amide bonds. The first-order chi connectivity index (χ1) is 11.6. The first-order valence-electron chi connectivity index (χ1n) is 8.77. The van der Waals surface area contributed by atoms with Crippen LogP contribution in [0.5, 0.6) is 0 Å². The largest absolute Gasteiger partial charge is 0.356 e. The van der Waals surface area contributed by atoms with E-state index in [1.165, 1.54) is 32.1 Å². The summed E-state index contributed by atoms with van der Waals surface area (Å²) < 4.78 is 0. The highest BCUT2D eigenvalue weighted by atomic mass is 16.2. The summed E-state index contributed by atoms with van der Waals surface area (Å²) in [7, 11) is 3.51. The van der Waals surface area contributed by atoms with E-state index in [9.17, 15) is 4.79 Å². The number of carbonyl (C=O) groups excluding carboxylic acids is 1. The number of nitrogens with one attached hydrogen (secondary N) is 2. The molecule has 132 valence electrons. The van der Waals surface area contributed by atoms with Crippen molar-refractivity contribution in [2.24, 2.45) is 10.9 Å². The molecular weight excluding hydrogens is 302 g/mol. The molecule has 0 spiro atoms. The second-order valence-corrected chi connectivity index (χ2v) is 6.51. The molecule has 1 saturated carbocycles. The molecule has 1 aromatic heterocycles. The molecule has 0 aromatic carbocycles. The molecule has 0 bridgehead atoms. The number of aromatic nitrogens is 1. The SMILES string of the molecule is CN(C)C(=O)CNC(=NCc1ccccn1)NCC1CCCCC1. The van der Waals surface area contributed by atoms with E-state index in [0.717, 1.165) is 12.2 Å². The number of nitrogens with zero attached hydrogens (tertiary/aromatic N) is 3. The van der Waals surface area contributed by atoms with Crippen molar-refractivity contribution in [3.05, 3.63) is 30.1 Å². The van der Waals surface area contributed by atoms with Crippen LogP contribution in [0.2, 0.25) is 0 Å². The second kappa shape index (κ2) is 9.90. The summed E-state index contributed by atoms with van der Waals surface area (Å²) >= 11 is 0. The first kappa shape index (κ1) is 18.2. The normalized spacial score (nSPS) is 15.8. The smallest absolute Gasteiger partial charge is 0.241 e. The van der Waals surface area contributed by atoms with Gasteiger partial charge in [-0.3, -0.25) is 9.78 Å². The number of aliphatic imine (C=N–C) groups is 1. The van der Waals surface area contributed by atoms with Gasteiger partial charge in [0, 0.05) is 26.8 Å². The highest BCUT2D eigenvalue weighted by molar-refractivity contribution is 5.86. The number of likely N-dealkylation sites (N-methyl/N-ethyl adjacent to an activating group) is 1. The Morgan fingerprint density at radius 3 is 2.71 bits per heavy atom. The van der Waals surface area contributed by atoms with Crippen molar-refractivity contribution in [3.8, 4) is 0 Å². The van der Waals surface area contributed by atoms with Gasteiger partial charge in [-0.2, -0.15) is 0 Å². The molecule has 0 atom stereocenters. The fourth-order valence-corrected chi connectivity index (χ4v) is 2.78. The molecule has 6 heteroatoms. The Hall–Kier alpha value is -2.11. The van der Waals surface area contributed by atoms with Crippen molar-refractivity contribution in [1.29, 1.82) is 0 Å². The van der Waals surface area contributed by atoms with Gasteiger partial charge in [-0.25, -0.2) is 4.99 Å². The van der Waals surface area contributed by atoms with Crippen LogP contribution in [0.4, 0.5) is 0 Å². The summed E-state index contributed by atoms with van der Waals surface area (Å²) in [5.74, 6) is 1.41. The predicted molar refractivity (Wildman–Crippen MR) is 96.7 cm³/mol. The van der Waals surface area contributed by atoms with E-state index in [1.807, 2.05) is 18.2 Å². The lowest BCUT2D eigenvalue weighted by molar-refractivity contribution is -0.127. The quantitative estimate of drug-likeness (QED) is 0.616. The number of hydrogen-bond donors (Lipinski definition) is 2. The zero-order valence-electron chi connectivity index (χ0n) is 14.8. The van der Waals surface area contributed by atoms with Crippen molar-refractivity contribution in [3.63, 3.8) is 0 Å². The summed E-state index contributed by atoms with van der Waals surface area (Å²) in [5, 5.41) is 6.52. The Morgan fingerprint density at radius 1 is 1.25 bits per heavy atom. The summed E-state index contributed by atoms with van der Waals surface area (Å²) in [4.78, 5) is 22.2. The van der Waals surface area contributed by atoms with Crippen molar-refractivity contribution < 1.29 is 4.79 Å². The van der Waals surface area contributed by atoms with Gasteiger partial charge in [-0.1, -0.05) is 25.3 Å². The molecular formula is C18H29N5O. The van der Waals surface area contributed by atoms with Gasteiger partial charge in [0.25, 0.3) is 0 Å². The first-order valence-corrected chi connectivity index (χ1v) is 8.77. The van der Waals surface area contributed by atoms with Gasteiger partial charge in [-0.05, 0) is 30.9 Å². The molecule has 1 aromatic rings. The van der Waals surface area contributed by atoms with E-state index in [-0.39, 0.29) is 12.5 Å². The molecule has 1 aliphatic rings. The van der Waals surface area contributed by atoms with E-state index >= 15 is 0 Å². The van der Waals surface area contributed by atoms with Crippen LogP contribution >= 0.6 is 0 Å². The second-order valence-electron chi connectivity index (χ2n) is 6.51. The fourth-order valence-electron chi connectivity index (χ4n) is 2.78. The average Bonchev–Trinajstić information content (AvgIpc) is 2.62.